The summed E-state index contributed by atoms with van der Waals surface area (Å²) >= 11 is 0. The van der Waals surface area contributed by atoms with Gasteiger partial charge in [-0.15, -0.1) is 0 Å². The number of hydrogen-bond acceptors (Lipinski definition) is 1. The van der Waals surface area contributed by atoms with Crippen LogP contribution in [0.15, 0.2) is 0 Å². The van der Waals surface area contributed by atoms with Gasteiger partial charge in [0.2, 0.25) is 0 Å². The zero-order chi connectivity index (χ0) is 18.1. The molecule has 0 spiro atoms. The molecule has 3 saturated carbocycles. The van der Waals surface area contributed by atoms with Gasteiger partial charge in [-0.1, -0.05) is 96.3 Å². The van der Waals surface area contributed by atoms with E-state index in [1.165, 1.54) is 135 Å². The summed E-state index contributed by atoms with van der Waals surface area (Å²) in [5, 5.41) is 0. The quantitative estimate of drug-likeness (QED) is 0.546. The van der Waals surface area contributed by atoms with Gasteiger partial charge in [0, 0.05) is 5.54 Å². The van der Waals surface area contributed by atoms with E-state index in [4.69, 9.17) is 5.73 Å². The zero-order valence-electron chi connectivity index (χ0n) is 17.7. The molecule has 3 rings (SSSR count). The van der Waals surface area contributed by atoms with Gasteiger partial charge in [-0.25, -0.2) is 0 Å². The third kappa shape index (κ3) is 5.49. The molecule has 0 atom stereocenters. The fourth-order valence-corrected chi connectivity index (χ4v) is 6.87. The minimum atomic E-state index is 0.159. The Balaban J connectivity index is 1.81. The predicted molar refractivity (Wildman–Crippen MR) is 114 cm³/mol. The first-order valence-electron chi connectivity index (χ1n) is 12.6. The predicted octanol–water partition coefficient (Wildman–Crippen LogP) is 7.77. The Kier molecular flexibility index (Phi) is 8.82. The van der Waals surface area contributed by atoms with Crippen LogP contribution >= 0.6 is 0 Å². The van der Waals surface area contributed by atoms with Crippen molar-refractivity contribution < 1.29 is 0 Å². The average Bonchev–Trinajstić information content (AvgIpc) is 2.53. The van der Waals surface area contributed by atoms with Gasteiger partial charge < -0.3 is 5.73 Å². The Morgan fingerprint density at radius 1 is 0.346 bits per heavy atom. The average molecular weight is 362 g/mol. The molecular weight excluding hydrogens is 314 g/mol. The molecule has 1 nitrogen and oxygen atoms in total. The summed E-state index contributed by atoms with van der Waals surface area (Å²) in [6.45, 7) is 0. The summed E-state index contributed by atoms with van der Waals surface area (Å²) in [5.74, 6) is 2.45. The SMILES string of the molecule is NC(C1CCCCCCC1)(C1CCCCCCC1)C1CCCCCCC1. The van der Waals surface area contributed by atoms with E-state index < -0.39 is 0 Å². The number of rotatable bonds is 3. The molecule has 26 heavy (non-hydrogen) atoms. The van der Waals surface area contributed by atoms with Gasteiger partial charge >= 0.3 is 0 Å². The minimum absolute atomic E-state index is 0.159. The number of nitrogens with two attached hydrogens (primary N) is 1. The second-order valence-corrected chi connectivity index (χ2v) is 10.1. The van der Waals surface area contributed by atoms with Gasteiger partial charge in [-0.05, 0) is 56.3 Å². The van der Waals surface area contributed by atoms with Gasteiger partial charge in [-0.3, -0.25) is 0 Å². The van der Waals surface area contributed by atoms with E-state index in [1.807, 2.05) is 0 Å². The van der Waals surface area contributed by atoms with Gasteiger partial charge in [0.1, 0.15) is 0 Å². The van der Waals surface area contributed by atoms with Crippen molar-refractivity contribution in [1.29, 1.82) is 0 Å². The largest absolute Gasteiger partial charge is 0.324 e. The van der Waals surface area contributed by atoms with E-state index in [2.05, 4.69) is 0 Å². The standard InChI is InChI=1S/C25H47N/c26-25(22-16-10-4-1-5-11-17-22,23-18-12-6-2-7-13-19-23)24-20-14-8-3-9-15-21-24/h22-24H,1-21,26H2. The molecular formula is C25H47N. The van der Waals surface area contributed by atoms with Crippen LogP contribution < -0.4 is 5.73 Å². The molecule has 3 aliphatic carbocycles. The fourth-order valence-electron chi connectivity index (χ4n) is 6.87. The van der Waals surface area contributed by atoms with Crippen molar-refractivity contribution in [3.05, 3.63) is 0 Å². The van der Waals surface area contributed by atoms with Crippen molar-refractivity contribution in [3.8, 4) is 0 Å². The first-order valence-corrected chi connectivity index (χ1v) is 12.6. The van der Waals surface area contributed by atoms with Crippen LogP contribution in [0.3, 0.4) is 0 Å². The highest BCUT2D eigenvalue weighted by Crippen LogP contribution is 2.47. The van der Waals surface area contributed by atoms with Crippen LogP contribution in [0.4, 0.5) is 0 Å². The molecule has 0 aromatic rings. The molecule has 0 aromatic heterocycles. The normalized spacial score (nSPS) is 27.6. The Morgan fingerprint density at radius 3 is 0.769 bits per heavy atom. The minimum Gasteiger partial charge on any atom is -0.324 e. The van der Waals surface area contributed by atoms with Crippen LogP contribution in [0.2, 0.25) is 0 Å². The maximum atomic E-state index is 7.68. The number of hydrogen-bond donors (Lipinski definition) is 1. The molecule has 0 aliphatic heterocycles. The van der Waals surface area contributed by atoms with Gasteiger partial charge in [0.25, 0.3) is 0 Å². The summed E-state index contributed by atoms with van der Waals surface area (Å²) in [7, 11) is 0. The summed E-state index contributed by atoms with van der Waals surface area (Å²) in [6, 6.07) is 0. The molecule has 2 N–H and O–H groups in total. The summed E-state index contributed by atoms with van der Waals surface area (Å²) in [6.07, 6.45) is 30.5. The van der Waals surface area contributed by atoms with Crippen LogP contribution in [-0.2, 0) is 0 Å². The van der Waals surface area contributed by atoms with Crippen molar-refractivity contribution in [3.63, 3.8) is 0 Å². The molecule has 0 bridgehead atoms. The molecule has 0 unspecified atom stereocenters. The lowest BCUT2D eigenvalue weighted by atomic mass is 9.58. The summed E-state index contributed by atoms with van der Waals surface area (Å²) < 4.78 is 0. The topological polar surface area (TPSA) is 26.0 Å². The highest BCUT2D eigenvalue weighted by Gasteiger charge is 2.46. The van der Waals surface area contributed by atoms with Gasteiger partial charge in [0.15, 0.2) is 0 Å². The highest BCUT2D eigenvalue weighted by molar-refractivity contribution is 5.02. The van der Waals surface area contributed by atoms with E-state index in [0.29, 0.717) is 0 Å². The second kappa shape index (κ2) is 11.1. The molecule has 3 fully saturated rings. The van der Waals surface area contributed by atoms with Crippen molar-refractivity contribution in [2.45, 2.75) is 140 Å². The van der Waals surface area contributed by atoms with E-state index in [0.717, 1.165) is 17.8 Å². The maximum Gasteiger partial charge on any atom is 0.0240 e. The van der Waals surface area contributed by atoms with E-state index in [1.54, 1.807) is 0 Å². The second-order valence-electron chi connectivity index (χ2n) is 10.1. The Labute approximate surface area is 164 Å². The lowest BCUT2D eigenvalue weighted by Crippen LogP contribution is -2.59. The Morgan fingerprint density at radius 2 is 0.538 bits per heavy atom. The van der Waals surface area contributed by atoms with Crippen molar-refractivity contribution in [1.82, 2.24) is 0 Å². The monoisotopic (exact) mass is 361 g/mol. The van der Waals surface area contributed by atoms with Crippen molar-refractivity contribution in [2.24, 2.45) is 23.5 Å². The van der Waals surface area contributed by atoms with Crippen molar-refractivity contribution >= 4 is 0 Å². The molecule has 152 valence electrons. The van der Waals surface area contributed by atoms with Crippen LogP contribution in [-0.4, -0.2) is 5.54 Å². The van der Waals surface area contributed by atoms with Gasteiger partial charge in [-0.2, -0.15) is 0 Å². The lowest BCUT2D eigenvalue weighted by Gasteiger charge is -2.51. The molecule has 0 aromatic carbocycles. The third-order valence-corrected chi connectivity index (χ3v) is 8.44. The molecule has 3 aliphatic rings. The maximum absolute atomic E-state index is 7.68. The Hall–Kier alpha value is -0.0400. The molecule has 1 heteroatoms. The fraction of sp³-hybridized carbons (Fsp3) is 1.00. The van der Waals surface area contributed by atoms with Crippen LogP contribution in [0, 0.1) is 17.8 Å². The van der Waals surface area contributed by atoms with Crippen LogP contribution in [0.5, 0.6) is 0 Å². The zero-order valence-corrected chi connectivity index (χ0v) is 17.7. The first kappa shape index (κ1) is 20.7. The lowest BCUT2D eigenvalue weighted by molar-refractivity contribution is 0.0475. The van der Waals surface area contributed by atoms with E-state index >= 15 is 0 Å². The van der Waals surface area contributed by atoms with Crippen molar-refractivity contribution in [2.75, 3.05) is 0 Å². The molecule has 0 radical (unpaired) electrons. The third-order valence-electron chi connectivity index (χ3n) is 8.44. The summed E-state index contributed by atoms with van der Waals surface area (Å²) in [5.41, 5.74) is 7.84. The molecule has 0 heterocycles. The van der Waals surface area contributed by atoms with Gasteiger partial charge in [0.05, 0.1) is 0 Å². The summed E-state index contributed by atoms with van der Waals surface area (Å²) in [4.78, 5) is 0. The van der Waals surface area contributed by atoms with E-state index in [9.17, 15) is 0 Å². The van der Waals surface area contributed by atoms with E-state index in [-0.39, 0.29) is 5.54 Å². The van der Waals surface area contributed by atoms with Crippen LogP contribution in [0.1, 0.15) is 135 Å². The van der Waals surface area contributed by atoms with Crippen LogP contribution in [0.25, 0.3) is 0 Å². The highest BCUT2D eigenvalue weighted by atomic mass is 14.8. The Bertz CT molecular complexity index is 297. The first-order chi connectivity index (χ1) is 12.8. The molecule has 0 amide bonds. The molecule has 0 saturated heterocycles. The smallest absolute Gasteiger partial charge is 0.0240 e.